The summed E-state index contributed by atoms with van der Waals surface area (Å²) in [6.07, 6.45) is 0. The number of carbonyl (C=O) groups excluding carboxylic acids is 1. The van der Waals surface area contributed by atoms with Crippen LogP contribution in [0.4, 0.5) is 20.9 Å². The van der Waals surface area contributed by atoms with Crippen molar-refractivity contribution in [3.05, 3.63) is 104 Å². The van der Waals surface area contributed by atoms with Crippen molar-refractivity contribution in [1.82, 2.24) is 4.98 Å². The van der Waals surface area contributed by atoms with Crippen LogP contribution in [-0.2, 0) is 6.54 Å². The number of hydrogen-bond acceptors (Lipinski definition) is 7. The first-order valence-electron chi connectivity index (χ1n) is 9.17. The Kier molecular flexibility index (Phi) is 5.56. The van der Waals surface area contributed by atoms with E-state index < -0.39 is 32.9 Å². The quantitative estimate of drug-likeness (QED) is 0.297. The lowest BCUT2D eigenvalue weighted by Crippen LogP contribution is -2.30. The second-order valence-corrected chi connectivity index (χ2v) is 7.75. The van der Waals surface area contributed by atoms with E-state index in [-0.39, 0.29) is 17.2 Å². The molecule has 0 aliphatic carbocycles. The molecule has 9 nitrogen and oxygen atoms in total. The van der Waals surface area contributed by atoms with Crippen LogP contribution in [0.25, 0.3) is 10.2 Å². The maximum absolute atomic E-state index is 13.6. The van der Waals surface area contributed by atoms with E-state index in [1.54, 1.807) is 30.3 Å². The number of hydrogen-bond donors (Lipinski definition) is 0. The minimum absolute atomic E-state index is 0.0540. The number of rotatable bonds is 6. The number of halogens is 1. The smallest absolute Gasteiger partial charge is 0.277 e. The average molecular weight is 452 g/mol. The second-order valence-electron chi connectivity index (χ2n) is 6.74. The first-order chi connectivity index (χ1) is 15.3. The summed E-state index contributed by atoms with van der Waals surface area (Å²) in [5.74, 6) is -1.16. The number of aromatic nitrogens is 1. The fourth-order valence-corrected chi connectivity index (χ4v) is 4.07. The van der Waals surface area contributed by atoms with Gasteiger partial charge in [0.05, 0.1) is 38.2 Å². The summed E-state index contributed by atoms with van der Waals surface area (Å²) in [6.45, 7) is 0.0540. The molecule has 0 bridgehead atoms. The number of thiazole rings is 1. The molecule has 4 rings (SSSR count). The Balaban J connectivity index is 1.83. The molecular formula is C21H13FN4O5S. The molecule has 0 spiro atoms. The van der Waals surface area contributed by atoms with E-state index >= 15 is 0 Å². The molecule has 1 amide bonds. The maximum atomic E-state index is 13.6. The fraction of sp³-hybridized carbons (Fsp3) is 0.0476. The Labute approximate surface area is 183 Å². The molecule has 0 aliphatic rings. The number of carbonyl (C=O) groups is 1. The molecule has 0 N–H and O–H groups in total. The number of nitrogens with zero attached hydrogens (tertiary/aromatic N) is 4. The number of fused-ring (bicyclic) bond motifs is 1. The van der Waals surface area contributed by atoms with Crippen LogP contribution in [0.5, 0.6) is 0 Å². The number of benzene rings is 3. The molecule has 0 saturated heterocycles. The number of nitro groups is 2. The number of nitro benzene ring substituents is 2. The van der Waals surface area contributed by atoms with Gasteiger partial charge in [-0.25, -0.2) is 9.37 Å². The van der Waals surface area contributed by atoms with Gasteiger partial charge in [-0.1, -0.05) is 41.7 Å². The second kappa shape index (κ2) is 8.47. The first-order valence-corrected chi connectivity index (χ1v) is 9.99. The average Bonchev–Trinajstić information content (AvgIpc) is 3.20. The standard InChI is InChI=1S/C21H13FN4O5S/c22-15-6-7-18-19(10-15)32-21(23-18)24(12-13-4-2-1-3-5-13)20(27)14-8-16(25(28)29)11-17(9-14)26(30)31/h1-11H,12H2. The number of anilines is 1. The summed E-state index contributed by atoms with van der Waals surface area (Å²) in [5.41, 5.74) is -0.164. The lowest BCUT2D eigenvalue weighted by atomic mass is 10.1. The van der Waals surface area contributed by atoms with E-state index in [9.17, 15) is 29.4 Å². The molecule has 11 heteroatoms. The molecule has 0 saturated carbocycles. The maximum Gasteiger partial charge on any atom is 0.277 e. The highest BCUT2D eigenvalue weighted by molar-refractivity contribution is 7.22. The van der Waals surface area contributed by atoms with Crippen LogP contribution in [0.3, 0.4) is 0 Å². The van der Waals surface area contributed by atoms with E-state index in [0.29, 0.717) is 10.2 Å². The highest BCUT2D eigenvalue weighted by Crippen LogP contribution is 2.32. The third-order valence-electron chi connectivity index (χ3n) is 4.57. The minimum Gasteiger partial charge on any atom is -0.279 e. The van der Waals surface area contributed by atoms with Gasteiger partial charge in [0, 0.05) is 12.1 Å². The van der Waals surface area contributed by atoms with Crippen molar-refractivity contribution >= 4 is 44.0 Å². The minimum atomic E-state index is -0.800. The normalized spacial score (nSPS) is 10.8. The summed E-state index contributed by atoms with van der Waals surface area (Å²) in [5, 5.41) is 22.7. The van der Waals surface area contributed by atoms with Crippen LogP contribution in [0.1, 0.15) is 15.9 Å². The molecule has 32 heavy (non-hydrogen) atoms. The van der Waals surface area contributed by atoms with Gasteiger partial charge < -0.3 is 0 Å². The largest absolute Gasteiger partial charge is 0.279 e. The molecular weight excluding hydrogens is 439 g/mol. The number of non-ortho nitro benzene ring substituents is 2. The topological polar surface area (TPSA) is 119 Å². The predicted molar refractivity (Wildman–Crippen MR) is 116 cm³/mol. The molecule has 4 aromatic rings. The van der Waals surface area contributed by atoms with Crippen molar-refractivity contribution in [3.63, 3.8) is 0 Å². The summed E-state index contributed by atoms with van der Waals surface area (Å²) in [4.78, 5) is 40.0. The fourth-order valence-electron chi connectivity index (χ4n) is 3.08. The Bertz CT molecular complexity index is 1330. The van der Waals surface area contributed by atoms with Crippen molar-refractivity contribution in [2.75, 3.05) is 4.90 Å². The van der Waals surface area contributed by atoms with Crippen LogP contribution in [0.2, 0.25) is 0 Å². The molecule has 1 aromatic heterocycles. The van der Waals surface area contributed by atoms with Gasteiger partial charge in [0.25, 0.3) is 17.3 Å². The van der Waals surface area contributed by atoms with Gasteiger partial charge in [-0.05, 0) is 23.8 Å². The highest BCUT2D eigenvalue weighted by atomic mass is 32.1. The van der Waals surface area contributed by atoms with E-state index in [1.807, 2.05) is 0 Å². The molecule has 0 atom stereocenters. The Morgan fingerprint density at radius 2 is 1.62 bits per heavy atom. The van der Waals surface area contributed by atoms with E-state index in [0.717, 1.165) is 35.1 Å². The summed E-state index contributed by atoms with van der Waals surface area (Å²) >= 11 is 1.07. The van der Waals surface area contributed by atoms with Gasteiger partial charge in [0.1, 0.15) is 5.82 Å². The molecule has 0 radical (unpaired) electrons. The summed E-state index contributed by atoms with van der Waals surface area (Å²) in [7, 11) is 0. The monoisotopic (exact) mass is 452 g/mol. The van der Waals surface area contributed by atoms with Crippen LogP contribution in [-0.4, -0.2) is 20.7 Å². The lowest BCUT2D eigenvalue weighted by molar-refractivity contribution is -0.394. The van der Waals surface area contributed by atoms with E-state index in [2.05, 4.69) is 4.98 Å². The molecule has 0 unspecified atom stereocenters. The van der Waals surface area contributed by atoms with Crippen molar-refractivity contribution in [2.45, 2.75) is 6.54 Å². The van der Waals surface area contributed by atoms with Crippen LogP contribution in [0.15, 0.2) is 66.7 Å². The highest BCUT2D eigenvalue weighted by Gasteiger charge is 2.26. The summed E-state index contributed by atoms with van der Waals surface area (Å²) < 4.78 is 14.1. The van der Waals surface area contributed by atoms with E-state index in [4.69, 9.17) is 0 Å². The van der Waals surface area contributed by atoms with Crippen molar-refractivity contribution in [1.29, 1.82) is 0 Å². The van der Waals surface area contributed by atoms with Gasteiger partial charge >= 0.3 is 0 Å². The third-order valence-corrected chi connectivity index (χ3v) is 5.61. The summed E-state index contributed by atoms with van der Waals surface area (Å²) in [6, 6.07) is 15.7. The van der Waals surface area contributed by atoms with Crippen LogP contribution >= 0.6 is 11.3 Å². The van der Waals surface area contributed by atoms with Gasteiger partial charge in [-0.15, -0.1) is 0 Å². The molecule has 0 aliphatic heterocycles. The first kappa shape index (κ1) is 21.0. The van der Waals surface area contributed by atoms with Crippen molar-refractivity contribution in [2.24, 2.45) is 0 Å². The zero-order chi connectivity index (χ0) is 22.8. The van der Waals surface area contributed by atoms with Crippen molar-refractivity contribution in [3.8, 4) is 0 Å². The SMILES string of the molecule is O=C(c1cc([N+](=O)[O-])cc([N+](=O)[O-])c1)N(Cc1ccccc1)c1nc2ccc(F)cc2s1. The van der Waals surface area contributed by atoms with E-state index in [1.165, 1.54) is 23.1 Å². The Morgan fingerprint density at radius 1 is 0.969 bits per heavy atom. The zero-order valence-electron chi connectivity index (χ0n) is 16.2. The van der Waals surface area contributed by atoms with Gasteiger partial charge in [-0.3, -0.25) is 29.9 Å². The molecule has 1 heterocycles. The molecule has 160 valence electrons. The molecule has 3 aromatic carbocycles. The zero-order valence-corrected chi connectivity index (χ0v) is 17.0. The van der Waals surface area contributed by atoms with Crippen LogP contribution < -0.4 is 4.90 Å². The van der Waals surface area contributed by atoms with Gasteiger partial charge in [0.2, 0.25) is 0 Å². The lowest BCUT2D eigenvalue weighted by Gasteiger charge is -2.20. The van der Waals surface area contributed by atoms with Gasteiger partial charge in [0.15, 0.2) is 5.13 Å². The Morgan fingerprint density at radius 3 is 2.25 bits per heavy atom. The third kappa shape index (κ3) is 4.27. The number of amides is 1. The predicted octanol–water partition coefficient (Wildman–Crippen LogP) is 5.10. The molecule has 0 fully saturated rings. The van der Waals surface area contributed by atoms with Crippen molar-refractivity contribution < 1.29 is 19.0 Å². The van der Waals surface area contributed by atoms with Crippen LogP contribution in [0, 0.1) is 26.0 Å². The Hall–Kier alpha value is -4.25. The van der Waals surface area contributed by atoms with Gasteiger partial charge in [-0.2, -0.15) is 0 Å².